The molecule has 0 aliphatic carbocycles. The van der Waals surface area contributed by atoms with Crippen molar-refractivity contribution in [3.8, 4) is 0 Å². The third kappa shape index (κ3) is 2.09. The molecule has 1 aromatic carbocycles. The second kappa shape index (κ2) is 4.78. The summed E-state index contributed by atoms with van der Waals surface area (Å²) in [6.07, 6.45) is 0.282. The monoisotopic (exact) mass is 248 g/mol. The van der Waals surface area contributed by atoms with E-state index < -0.39 is 12.0 Å². The fourth-order valence-corrected chi connectivity index (χ4v) is 2.25. The first-order chi connectivity index (χ1) is 8.54. The lowest BCUT2D eigenvalue weighted by molar-refractivity contribution is -0.139. The number of rotatable bonds is 4. The molecule has 5 nitrogen and oxygen atoms in total. The van der Waals surface area contributed by atoms with E-state index >= 15 is 0 Å². The van der Waals surface area contributed by atoms with E-state index in [1.54, 1.807) is 0 Å². The van der Waals surface area contributed by atoms with Crippen LogP contribution >= 0.6 is 0 Å². The normalized spacial score (nSPS) is 15.7. The topological polar surface area (TPSA) is 69.6 Å². The Balaban J connectivity index is 2.35. The lowest BCUT2D eigenvalue weighted by atomic mass is 10.1. The minimum absolute atomic E-state index is 0.151. The van der Waals surface area contributed by atoms with Gasteiger partial charge in [-0.25, -0.2) is 4.79 Å². The minimum Gasteiger partial charge on any atom is -0.480 e. The van der Waals surface area contributed by atoms with Gasteiger partial charge in [-0.1, -0.05) is 12.1 Å². The number of anilines is 1. The van der Waals surface area contributed by atoms with E-state index in [1.807, 2.05) is 25.2 Å². The first-order valence-corrected chi connectivity index (χ1v) is 5.86. The molecule has 0 aromatic heterocycles. The van der Waals surface area contributed by atoms with Crippen molar-refractivity contribution in [2.24, 2.45) is 0 Å². The van der Waals surface area contributed by atoms with Crippen molar-refractivity contribution in [1.82, 2.24) is 5.32 Å². The van der Waals surface area contributed by atoms with E-state index in [4.69, 9.17) is 5.11 Å². The second-order valence-corrected chi connectivity index (χ2v) is 4.45. The van der Waals surface area contributed by atoms with E-state index in [0.717, 1.165) is 23.4 Å². The average Bonchev–Trinajstić information content (AvgIpc) is 2.63. The Labute approximate surface area is 105 Å². The molecule has 1 aromatic rings. The fraction of sp³-hybridized carbons (Fsp3) is 0.385. The molecule has 0 fully saturated rings. The molecule has 0 spiro atoms. The van der Waals surface area contributed by atoms with Crippen LogP contribution < -0.4 is 10.2 Å². The highest BCUT2D eigenvalue weighted by molar-refractivity contribution is 6.05. The van der Waals surface area contributed by atoms with Crippen molar-refractivity contribution in [2.75, 3.05) is 11.9 Å². The summed E-state index contributed by atoms with van der Waals surface area (Å²) in [5.74, 6) is -1.14. The number of nitrogens with one attached hydrogen (secondary N) is 1. The zero-order valence-electron chi connectivity index (χ0n) is 10.4. The average molecular weight is 248 g/mol. The third-order valence-corrected chi connectivity index (χ3v) is 3.14. The summed E-state index contributed by atoms with van der Waals surface area (Å²) < 4.78 is 0. The van der Waals surface area contributed by atoms with E-state index in [-0.39, 0.29) is 12.3 Å². The summed E-state index contributed by atoms with van der Waals surface area (Å²) in [5.41, 5.74) is 2.71. The summed E-state index contributed by atoms with van der Waals surface area (Å²) in [6.45, 7) is 2.26. The highest BCUT2D eigenvalue weighted by atomic mass is 16.4. The van der Waals surface area contributed by atoms with E-state index in [2.05, 4.69) is 5.32 Å². The predicted octanol–water partition coefficient (Wildman–Crippen LogP) is 0.768. The SMILES string of the molecule is CNCc1ccc2c(c1)CC(=O)N2C(C)C(=O)O. The molecule has 0 saturated carbocycles. The first-order valence-electron chi connectivity index (χ1n) is 5.86. The van der Waals surface area contributed by atoms with E-state index in [9.17, 15) is 9.59 Å². The number of carboxylic acid groups (broad SMARTS) is 1. The van der Waals surface area contributed by atoms with Crippen LogP contribution in [-0.4, -0.2) is 30.1 Å². The maximum atomic E-state index is 11.9. The molecule has 96 valence electrons. The summed E-state index contributed by atoms with van der Waals surface area (Å²) >= 11 is 0. The van der Waals surface area contributed by atoms with Gasteiger partial charge in [-0.05, 0) is 31.2 Å². The van der Waals surface area contributed by atoms with Gasteiger partial charge >= 0.3 is 5.97 Å². The van der Waals surface area contributed by atoms with Gasteiger partial charge in [0.25, 0.3) is 0 Å². The Morgan fingerprint density at radius 1 is 1.56 bits per heavy atom. The number of carbonyl (C=O) groups is 2. The summed E-state index contributed by atoms with van der Waals surface area (Å²) in [5, 5.41) is 12.1. The molecular weight excluding hydrogens is 232 g/mol. The Hall–Kier alpha value is -1.88. The van der Waals surface area contributed by atoms with E-state index in [0.29, 0.717) is 0 Å². The van der Waals surface area contributed by atoms with Crippen LogP contribution in [0, 0.1) is 0 Å². The van der Waals surface area contributed by atoms with Crippen molar-refractivity contribution in [3.05, 3.63) is 29.3 Å². The van der Waals surface area contributed by atoms with Gasteiger partial charge in [-0.15, -0.1) is 0 Å². The van der Waals surface area contributed by atoms with Gasteiger partial charge in [0.1, 0.15) is 6.04 Å². The molecule has 1 atom stereocenters. The Bertz CT molecular complexity index is 499. The van der Waals surface area contributed by atoms with Gasteiger partial charge in [0.2, 0.25) is 5.91 Å². The van der Waals surface area contributed by atoms with Crippen LogP contribution in [-0.2, 0) is 22.6 Å². The third-order valence-electron chi connectivity index (χ3n) is 3.14. The molecule has 5 heteroatoms. The summed E-state index contributed by atoms with van der Waals surface area (Å²) in [7, 11) is 1.86. The van der Waals surface area contributed by atoms with Crippen LogP contribution in [0.25, 0.3) is 0 Å². The number of hydrogen-bond donors (Lipinski definition) is 2. The highest BCUT2D eigenvalue weighted by Crippen LogP contribution is 2.31. The van der Waals surface area contributed by atoms with Gasteiger partial charge in [-0.2, -0.15) is 0 Å². The number of aliphatic carboxylic acids is 1. The first kappa shape index (κ1) is 12.6. The molecule has 0 saturated heterocycles. The van der Waals surface area contributed by atoms with Crippen molar-refractivity contribution < 1.29 is 14.7 Å². The molecule has 0 radical (unpaired) electrons. The lowest BCUT2D eigenvalue weighted by Gasteiger charge is -2.21. The Morgan fingerprint density at radius 2 is 2.28 bits per heavy atom. The van der Waals surface area contributed by atoms with Crippen LogP contribution in [0.1, 0.15) is 18.1 Å². The number of benzene rings is 1. The quantitative estimate of drug-likeness (QED) is 0.825. The van der Waals surface area contributed by atoms with Crippen LogP contribution in [0.2, 0.25) is 0 Å². The minimum atomic E-state index is -0.990. The van der Waals surface area contributed by atoms with Crippen LogP contribution in [0.4, 0.5) is 5.69 Å². The number of nitrogens with zero attached hydrogens (tertiary/aromatic N) is 1. The van der Waals surface area contributed by atoms with Gasteiger partial charge < -0.3 is 10.4 Å². The van der Waals surface area contributed by atoms with Crippen LogP contribution in [0.5, 0.6) is 0 Å². The fourth-order valence-electron chi connectivity index (χ4n) is 2.25. The molecule has 1 aliphatic heterocycles. The maximum Gasteiger partial charge on any atom is 0.326 e. The maximum absolute atomic E-state index is 11.9. The number of carboxylic acids is 1. The molecule has 1 unspecified atom stereocenters. The van der Waals surface area contributed by atoms with Crippen molar-refractivity contribution in [3.63, 3.8) is 0 Å². The molecule has 18 heavy (non-hydrogen) atoms. The van der Waals surface area contributed by atoms with Gasteiger partial charge in [0, 0.05) is 12.2 Å². The predicted molar refractivity (Wildman–Crippen MR) is 67.5 cm³/mol. The van der Waals surface area contributed by atoms with Gasteiger partial charge in [0.15, 0.2) is 0 Å². The molecular formula is C13H16N2O3. The molecule has 0 bridgehead atoms. The standard InChI is InChI=1S/C13H16N2O3/c1-8(13(17)18)15-11-4-3-9(7-14-2)5-10(11)6-12(15)16/h3-5,8,14H,6-7H2,1-2H3,(H,17,18). The molecule has 1 heterocycles. The summed E-state index contributed by atoms with van der Waals surface area (Å²) in [6, 6.07) is 4.87. The van der Waals surface area contributed by atoms with Crippen molar-refractivity contribution in [1.29, 1.82) is 0 Å². The largest absolute Gasteiger partial charge is 0.480 e. The van der Waals surface area contributed by atoms with Crippen LogP contribution in [0.15, 0.2) is 18.2 Å². The summed E-state index contributed by atoms with van der Waals surface area (Å²) in [4.78, 5) is 24.3. The van der Waals surface area contributed by atoms with Gasteiger partial charge in [-0.3, -0.25) is 9.69 Å². The Kier molecular flexibility index (Phi) is 3.34. The number of amides is 1. The Morgan fingerprint density at radius 3 is 2.89 bits per heavy atom. The molecule has 1 amide bonds. The van der Waals surface area contributed by atoms with Crippen LogP contribution in [0.3, 0.4) is 0 Å². The lowest BCUT2D eigenvalue weighted by Crippen LogP contribution is -2.41. The van der Waals surface area contributed by atoms with Crippen molar-refractivity contribution >= 4 is 17.6 Å². The molecule has 1 aliphatic rings. The number of fused-ring (bicyclic) bond motifs is 1. The highest BCUT2D eigenvalue weighted by Gasteiger charge is 2.34. The van der Waals surface area contributed by atoms with Crippen molar-refractivity contribution in [2.45, 2.75) is 25.9 Å². The smallest absolute Gasteiger partial charge is 0.326 e. The number of hydrogen-bond acceptors (Lipinski definition) is 3. The van der Waals surface area contributed by atoms with Gasteiger partial charge in [0.05, 0.1) is 6.42 Å². The molecule has 2 N–H and O–H groups in total. The zero-order chi connectivity index (χ0) is 13.3. The zero-order valence-corrected chi connectivity index (χ0v) is 10.4. The molecule has 2 rings (SSSR count). The second-order valence-electron chi connectivity index (χ2n) is 4.45. The number of carbonyl (C=O) groups excluding carboxylic acids is 1. The van der Waals surface area contributed by atoms with E-state index in [1.165, 1.54) is 11.8 Å².